The molecule has 0 bridgehead atoms. The quantitative estimate of drug-likeness (QED) is 0.568. The summed E-state index contributed by atoms with van der Waals surface area (Å²) in [4.78, 5) is 16.2. The molecule has 92 valence electrons. The predicted octanol–water partition coefficient (Wildman–Crippen LogP) is 4.58. The van der Waals surface area contributed by atoms with Gasteiger partial charge in [-0.05, 0) is 40.2 Å². The van der Waals surface area contributed by atoms with E-state index in [0.717, 1.165) is 14.0 Å². The Morgan fingerprint density at radius 1 is 1.22 bits per heavy atom. The van der Waals surface area contributed by atoms with Gasteiger partial charge in [-0.1, -0.05) is 39.8 Å². The van der Waals surface area contributed by atoms with E-state index in [1.807, 2.05) is 36.4 Å². The van der Waals surface area contributed by atoms with Crippen molar-refractivity contribution in [2.75, 3.05) is 5.75 Å². The van der Waals surface area contributed by atoms with Crippen molar-refractivity contribution in [1.82, 2.24) is 4.98 Å². The third kappa shape index (κ3) is 3.67. The van der Waals surface area contributed by atoms with Crippen molar-refractivity contribution in [2.45, 2.75) is 5.03 Å². The van der Waals surface area contributed by atoms with Crippen LogP contribution < -0.4 is 0 Å². The van der Waals surface area contributed by atoms with Gasteiger partial charge < -0.3 is 0 Å². The number of carbonyl (C=O) groups is 1. The molecule has 0 atom stereocenters. The molecule has 5 heteroatoms. The van der Waals surface area contributed by atoms with E-state index in [4.69, 9.17) is 0 Å². The molecule has 1 aromatic heterocycles. The van der Waals surface area contributed by atoms with Crippen molar-refractivity contribution in [3.63, 3.8) is 0 Å². The van der Waals surface area contributed by atoms with Crippen LogP contribution >= 0.6 is 43.6 Å². The third-order valence-electron chi connectivity index (χ3n) is 2.21. The van der Waals surface area contributed by atoms with E-state index in [1.54, 1.807) is 6.20 Å². The molecule has 2 nitrogen and oxygen atoms in total. The topological polar surface area (TPSA) is 30.0 Å². The lowest BCUT2D eigenvalue weighted by atomic mass is 10.2. The molecule has 18 heavy (non-hydrogen) atoms. The Hall–Kier alpha value is -0.650. The summed E-state index contributed by atoms with van der Waals surface area (Å²) in [6.07, 6.45) is 1.72. The zero-order valence-corrected chi connectivity index (χ0v) is 13.3. The molecule has 1 aromatic carbocycles. The maximum Gasteiger partial charge on any atom is 0.173 e. The second-order valence-electron chi connectivity index (χ2n) is 3.51. The van der Waals surface area contributed by atoms with E-state index < -0.39 is 0 Å². The minimum absolute atomic E-state index is 0.0962. The molecular weight excluding hydrogens is 378 g/mol. The number of Topliss-reactive ketones (excluding diaryl/α,β-unsaturated/α-hetero) is 1. The van der Waals surface area contributed by atoms with E-state index >= 15 is 0 Å². The number of halogens is 2. The molecule has 0 amide bonds. The Morgan fingerprint density at radius 2 is 2.06 bits per heavy atom. The van der Waals surface area contributed by atoms with Gasteiger partial charge in [-0.3, -0.25) is 4.79 Å². The maximum absolute atomic E-state index is 12.0. The van der Waals surface area contributed by atoms with Crippen LogP contribution in [0.15, 0.2) is 56.6 Å². The van der Waals surface area contributed by atoms with Crippen molar-refractivity contribution in [1.29, 1.82) is 0 Å². The molecule has 0 saturated heterocycles. The summed E-state index contributed by atoms with van der Waals surface area (Å²) in [6, 6.07) is 11.2. The number of hydrogen-bond donors (Lipinski definition) is 0. The van der Waals surface area contributed by atoms with Crippen LogP contribution in [0.25, 0.3) is 0 Å². The molecule has 0 spiro atoms. The summed E-state index contributed by atoms with van der Waals surface area (Å²) in [6.45, 7) is 0. The van der Waals surface area contributed by atoms with Gasteiger partial charge in [-0.25, -0.2) is 4.98 Å². The highest BCUT2D eigenvalue weighted by Gasteiger charge is 2.09. The Balaban J connectivity index is 2.03. The number of ketones is 1. The van der Waals surface area contributed by atoms with Gasteiger partial charge in [0.05, 0.1) is 5.75 Å². The summed E-state index contributed by atoms with van der Waals surface area (Å²) < 4.78 is 1.83. The molecule has 0 radical (unpaired) electrons. The summed E-state index contributed by atoms with van der Waals surface area (Å²) in [5.41, 5.74) is 0.712. The number of thioether (sulfide) groups is 1. The van der Waals surface area contributed by atoms with Crippen LogP contribution in [0.3, 0.4) is 0 Å². The number of pyridine rings is 1. The fourth-order valence-corrected chi connectivity index (χ4v) is 3.13. The first-order valence-corrected chi connectivity index (χ1v) is 7.76. The molecule has 2 rings (SSSR count). The summed E-state index contributed by atoms with van der Waals surface area (Å²) in [5.74, 6) is 0.477. The van der Waals surface area contributed by atoms with Crippen LogP contribution in [-0.4, -0.2) is 16.5 Å². The molecule has 0 saturated carbocycles. The molecule has 1 heterocycles. The molecule has 0 aliphatic heterocycles. The van der Waals surface area contributed by atoms with Gasteiger partial charge in [-0.2, -0.15) is 0 Å². The van der Waals surface area contributed by atoms with Gasteiger partial charge in [0, 0.05) is 20.7 Å². The lowest BCUT2D eigenvalue weighted by Gasteiger charge is -2.03. The van der Waals surface area contributed by atoms with Crippen molar-refractivity contribution in [2.24, 2.45) is 0 Å². The Morgan fingerprint density at radius 3 is 2.78 bits per heavy atom. The number of benzene rings is 1. The standard InChI is InChI=1S/C13H9Br2NOS/c14-10-4-1-3-9(7-10)12(17)8-18-13-11(15)5-2-6-16-13/h1-7H,8H2. The van der Waals surface area contributed by atoms with Crippen LogP contribution in [0.2, 0.25) is 0 Å². The lowest BCUT2D eigenvalue weighted by Crippen LogP contribution is -2.02. The second-order valence-corrected chi connectivity index (χ2v) is 6.25. The van der Waals surface area contributed by atoms with Crippen LogP contribution in [-0.2, 0) is 0 Å². The zero-order chi connectivity index (χ0) is 13.0. The van der Waals surface area contributed by atoms with Gasteiger partial charge in [0.15, 0.2) is 5.78 Å². The van der Waals surface area contributed by atoms with E-state index in [-0.39, 0.29) is 5.78 Å². The van der Waals surface area contributed by atoms with E-state index in [0.29, 0.717) is 11.3 Å². The second kappa shape index (κ2) is 6.50. The van der Waals surface area contributed by atoms with Crippen LogP contribution in [0.1, 0.15) is 10.4 Å². The molecular formula is C13H9Br2NOS. The summed E-state index contributed by atoms with van der Waals surface area (Å²) in [7, 11) is 0. The normalized spacial score (nSPS) is 10.3. The first-order valence-electron chi connectivity index (χ1n) is 5.19. The number of rotatable bonds is 4. The summed E-state index contributed by atoms with van der Waals surface area (Å²) >= 11 is 8.20. The Labute approximate surface area is 126 Å². The van der Waals surface area contributed by atoms with Gasteiger partial charge in [0.1, 0.15) is 5.03 Å². The minimum atomic E-state index is 0.0962. The Bertz CT molecular complexity index is 574. The van der Waals surface area contributed by atoms with Crippen molar-refractivity contribution < 1.29 is 4.79 Å². The minimum Gasteiger partial charge on any atom is -0.293 e. The van der Waals surface area contributed by atoms with Gasteiger partial charge >= 0.3 is 0 Å². The van der Waals surface area contributed by atoms with E-state index in [1.165, 1.54) is 11.8 Å². The van der Waals surface area contributed by atoms with Crippen molar-refractivity contribution in [3.8, 4) is 0 Å². The van der Waals surface area contributed by atoms with Gasteiger partial charge in [-0.15, -0.1) is 0 Å². The first kappa shape index (κ1) is 13.8. The summed E-state index contributed by atoms with van der Waals surface area (Å²) in [5, 5.41) is 0.834. The number of hydrogen-bond acceptors (Lipinski definition) is 3. The highest BCUT2D eigenvalue weighted by atomic mass is 79.9. The van der Waals surface area contributed by atoms with Gasteiger partial charge in [0.25, 0.3) is 0 Å². The number of nitrogens with zero attached hydrogens (tertiary/aromatic N) is 1. The van der Waals surface area contributed by atoms with E-state index in [2.05, 4.69) is 36.8 Å². The lowest BCUT2D eigenvalue weighted by molar-refractivity contribution is 0.102. The molecule has 0 unspecified atom stereocenters. The monoisotopic (exact) mass is 385 g/mol. The van der Waals surface area contributed by atoms with Crippen LogP contribution in [0.5, 0.6) is 0 Å². The van der Waals surface area contributed by atoms with Gasteiger partial charge in [0.2, 0.25) is 0 Å². The highest BCUT2D eigenvalue weighted by Crippen LogP contribution is 2.25. The average Bonchev–Trinajstić information content (AvgIpc) is 2.37. The van der Waals surface area contributed by atoms with Crippen molar-refractivity contribution >= 4 is 49.4 Å². The Kier molecular flexibility index (Phi) is 4.97. The number of aromatic nitrogens is 1. The maximum atomic E-state index is 12.0. The molecule has 0 aliphatic carbocycles. The zero-order valence-electron chi connectivity index (χ0n) is 9.27. The smallest absolute Gasteiger partial charge is 0.173 e. The highest BCUT2D eigenvalue weighted by molar-refractivity contribution is 9.10. The number of carbonyl (C=O) groups excluding carboxylic acids is 1. The fourth-order valence-electron chi connectivity index (χ4n) is 1.36. The largest absolute Gasteiger partial charge is 0.293 e. The van der Waals surface area contributed by atoms with Crippen LogP contribution in [0.4, 0.5) is 0 Å². The third-order valence-corrected chi connectivity index (χ3v) is 4.61. The molecule has 2 aromatic rings. The van der Waals surface area contributed by atoms with Crippen molar-refractivity contribution in [3.05, 3.63) is 57.1 Å². The SMILES string of the molecule is O=C(CSc1ncccc1Br)c1cccc(Br)c1. The fraction of sp³-hybridized carbons (Fsp3) is 0.0769. The first-order chi connectivity index (χ1) is 8.66. The molecule has 0 fully saturated rings. The molecule has 0 N–H and O–H groups in total. The average molecular weight is 387 g/mol. The predicted molar refractivity (Wildman–Crippen MR) is 81.1 cm³/mol. The van der Waals surface area contributed by atoms with Crippen LogP contribution in [0, 0.1) is 0 Å². The van der Waals surface area contributed by atoms with E-state index in [9.17, 15) is 4.79 Å². The molecule has 0 aliphatic rings.